The van der Waals surface area contributed by atoms with E-state index in [1.165, 1.54) is 10.6 Å². The van der Waals surface area contributed by atoms with Gasteiger partial charge in [-0.1, -0.05) is 6.92 Å². The molecule has 0 spiro atoms. The topological polar surface area (TPSA) is 37.4 Å². The van der Waals surface area contributed by atoms with Crippen LogP contribution in [-0.4, -0.2) is 37.8 Å². The number of rotatable bonds is 8. The first-order valence-corrected chi connectivity index (χ1v) is 8.12. The van der Waals surface area contributed by atoms with E-state index in [9.17, 15) is 0 Å². The average Bonchev–Trinajstić information content (AvgIpc) is 2.79. The molecule has 1 heterocycles. The van der Waals surface area contributed by atoms with E-state index < -0.39 is 0 Å². The maximum atomic E-state index is 5.10. The smallest absolute Gasteiger partial charge is 0.185 e. The lowest BCUT2D eigenvalue weighted by Gasteiger charge is -2.20. The molecule has 1 aromatic rings. The molecule has 0 saturated heterocycles. The molecule has 0 fully saturated rings. The summed E-state index contributed by atoms with van der Waals surface area (Å²) in [5, 5.41) is 4.66. The van der Waals surface area contributed by atoms with E-state index in [4.69, 9.17) is 9.72 Å². The standard InChI is InChI=1S/C15H29N3OS/c1-7-12-13(11-16-15(2,3)4)20-14(17-12)18(5)9-8-10-19-6/h16H,7-11H2,1-6H3. The summed E-state index contributed by atoms with van der Waals surface area (Å²) in [5.41, 5.74) is 1.36. The predicted molar refractivity (Wildman–Crippen MR) is 87.8 cm³/mol. The van der Waals surface area contributed by atoms with Gasteiger partial charge < -0.3 is 15.0 Å². The van der Waals surface area contributed by atoms with E-state index in [-0.39, 0.29) is 5.54 Å². The average molecular weight is 299 g/mol. The molecule has 0 aliphatic carbocycles. The van der Waals surface area contributed by atoms with Gasteiger partial charge >= 0.3 is 0 Å². The Balaban J connectivity index is 2.67. The fourth-order valence-corrected chi connectivity index (χ4v) is 2.91. The van der Waals surface area contributed by atoms with Crippen LogP contribution in [0.3, 0.4) is 0 Å². The summed E-state index contributed by atoms with van der Waals surface area (Å²) in [6, 6.07) is 0. The number of aryl methyl sites for hydroxylation is 1. The number of hydrogen-bond donors (Lipinski definition) is 1. The number of ether oxygens (including phenoxy) is 1. The molecule has 20 heavy (non-hydrogen) atoms. The van der Waals surface area contributed by atoms with Crippen molar-refractivity contribution in [3.63, 3.8) is 0 Å². The largest absolute Gasteiger partial charge is 0.385 e. The number of methoxy groups -OCH3 is 1. The Morgan fingerprint density at radius 2 is 2.05 bits per heavy atom. The summed E-state index contributed by atoms with van der Waals surface area (Å²) in [6.07, 6.45) is 2.02. The highest BCUT2D eigenvalue weighted by Crippen LogP contribution is 2.26. The van der Waals surface area contributed by atoms with Crippen LogP contribution in [0, 0.1) is 0 Å². The zero-order valence-electron chi connectivity index (χ0n) is 13.7. The molecule has 0 aliphatic heterocycles. The van der Waals surface area contributed by atoms with Crippen LogP contribution in [0.15, 0.2) is 0 Å². The maximum absolute atomic E-state index is 5.10. The van der Waals surface area contributed by atoms with E-state index >= 15 is 0 Å². The Hall–Kier alpha value is -0.650. The van der Waals surface area contributed by atoms with Gasteiger partial charge in [-0.2, -0.15) is 0 Å². The number of nitrogens with one attached hydrogen (secondary N) is 1. The van der Waals surface area contributed by atoms with Crippen LogP contribution in [0.5, 0.6) is 0 Å². The third kappa shape index (κ3) is 5.77. The summed E-state index contributed by atoms with van der Waals surface area (Å²) in [4.78, 5) is 8.35. The number of nitrogens with zero attached hydrogens (tertiary/aromatic N) is 2. The Kier molecular flexibility index (Phi) is 6.92. The zero-order chi connectivity index (χ0) is 15.2. The molecule has 0 saturated carbocycles. The molecule has 0 unspecified atom stereocenters. The van der Waals surface area contributed by atoms with Crippen molar-refractivity contribution >= 4 is 16.5 Å². The molecule has 0 bridgehead atoms. The molecular weight excluding hydrogens is 270 g/mol. The van der Waals surface area contributed by atoms with E-state index in [1.807, 2.05) is 0 Å². The lowest BCUT2D eigenvalue weighted by atomic mass is 10.1. The molecular formula is C15H29N3OS. The second kappa shape index (κ2) is 7.96. The van der Waals surface area contributed by atoms with Gasteiger partial charge in [0.2, 0.25) is 0 Å². The Labute approximate surface area is 127 Å². The van der Waals surface area contributed by atoms with Gasteiger partial charge in [0.15, 0.2) is 5.13 Å². The molecule has 4 nitrogen and oxygen atoms in total. The minimum Gasteiger partial charge on any atom is -0.385 e. The quantitative estimate of drug-likeness (QED) is 0.749. The Morgan fingerprint density at radius 1 is 1.35 bits per heavy atom. The van der Waals surface area contributed by atoms with Crippen LogP contribution in [0.25, 0.3) is 0 Å². The molecule has 0 amide bonds. The monoisotopic (exact) mass is 299 g/mol. The van der Waals surface area contributed by atoms with Gasteiger partial charge in [0.1, 0.15) is 0 Å². The van der Waals surface area contributed by atoms with Gasteiger partial charge in [-0.15, -0.1) is 11.3 Å². The van der Waals surface area contributed by atoms with Gasteiger partial charge in [-0.25, -0.2) is 4.98 Å². The summed E-state index contributed by atoms with van der Waals surface area (Å²) in [6.45, 7) is 11.4. The minimum absolute atomic E-state index is 0.138. The summed E-state index contributed by atoms with van der Waals surface area (Å²) in [5.74, 6) is 0. The third-order valence-corrected chi connectivity index (χ3v) is 4.26. The van der Waals surface area contributed by atoms with Crippen LogP contribution in [0.1, 0.15) is 44.7 Å². The van der Waals surface area contributed by atoms with Crippen molar-refractivity contribution in [2.45, 2.75) is 52.6 Å². The van der Waals surface area contributed by atoms with E-state index in [2.05, 4.69) is 45.0 Å². The Morgan fingerprint density at radius 3 is 2.60 bits per heavy atom. The zero-order valence-corrected chi connectivity index (χ0v) is 14.6. The fourth-order valence-electron chi connectivity index (χ4n) is 1.83. The predicted octanol–water partition coefficient (Wildman–Crippen LogP) is 3.07. The van der Waals surface area contributed by atoms with Crippen molar-refractivity contribution in [2.24, 2.45) is 0 Å². The lowest BCUT2D eigenvalue weighted by Crippen LogP contribution is -2.35. The molecule has 0 aliphatic rings. The summed E-state index contributed by atoms with van der Waals surface area (Å²) >= 11 is 1.80. The second-order valence-electron chi connectivity index (χ2n) is 6.09. The first kappa shape index (κ1) is 17.4. The molecule has 116 valence electrons. The van der Waals surface area contributed by atoms with Crippen molar-refractivity contribution in [1.82, 2.24) is 10.3 Å². The van der Waals surface area contributed by atoms with Crippen LogP contribution in [0.2, 0.25) is 0 Å². The molecule has 0 radical (unpaired) electrons. The van der Waals surface area contributed by atoms with Crippen molar-refractivity contribution in [2.75, 3.05) is 32.2 Å². The van der Waals surface area contributed by atoms with Crippen LogP contribution < -0.4 is 10.2 Å². The van der Waals surface area contributed by atoms with Gasteiger partial charge in [0, 0.05) is 44.3 Å². The molecule has 0 aromatic carbocycles. The highest BCUT2D eigenvalue weighted by Gasteiger charge is 2.15. The van der Waals surface area contributed by atoms with Crippen molar-refractivity contribution in [1.29, 1.82) is 0 Å². The molecule has 1 rings (SSSR count). The highest BCUT2D eigenvalue weighted by molar-refractivity contribution is 7.15. The lowest BCUT2D eigenvalue weighted by molar-refractivity contribution is 0.196. The number of anilines is 1. The normalized spacial score (nSPS) is 11.9. The van der Waals surface area contributed by atoms with E-state index in [0.717, 1.165) is 37.7 Å². The minimum atomic E-state index is 0.138. The van der Waals surface area contributed by atoms with Crippen LogP contribution >= 0.6 is 11.3 Å². The summed E-state index contributed by atoms with van der Waals surface area (Å²) in [7, 11) is 3.85. The second-order valence-corrected chi connectivity index (χ2v) is 7.15. The van der Waals surface area contributed by atoms with Crippen molar-refractivity contribution < 1.29 is 4.74 Å². The van der Waals surface area contributed by atoms with Crippen LogP contribution in [0.4, 0.5) is 5.13 Å². The molecule has 0 atom stereocenters. The number of aromatic nitrogens is 1. The van der Waals surface area contributed by atoms with E-state index in [0.29, 0.717) is 0 Å². The molecule has 1 aromatic heterocycles. The van der Waals surface area contributed by atoms with Gasteiger partial charge in [-0.3, -0.25) is 0 Å². The van der Waals surface area contributed by atoms with Crippen LogP contribution in [-0.2, 0) is 17.7 Å². The first-order chi connectivity index (χ1) is 9.37. The van der Waals surface area contributed by atoms with Crippen molar-refractivity contribution in [3.05, 3.63) is 10.6 Å². The maximum Gasteiger partial charge on any atom is 0.185 e. The summed E-state index contributed by atoms with van der Waals surface area (Å²) < 4.78 is 5.10. The molecule has 5 heteroatoms. The third-order valence-electron chi connectivity index (χ3n) is 3.05. The number of hydrogen-bond acceptors (Lipinski definition) is 5. The Bertz CT molecular complexity index is 398. The van der Waals surface area contributed by atoms with Gasteiger partial charge in [-0.05, 0) is 33.6 Å². The number of thiazole rings is 1. The van der Waals surface area contributed by atoms with E-state index in [1.54, 1.807) is 18.4 Å². The SMILES string of the molecule is CCc1nc(N(C)CCCOC)sc1CNC(C)(C)C. The van der Waals surface area contributed by atoms with Gasteiger partial charge in [0.05, 0.1) is 5.69 Å². The first-order valence-electron chi connectivity index (χ1n) is 7.31. The fraction of sp³-hybridized carbons (Fsp3) is 0.800. The molecule has 1 N–H and O–H groups in total. The van der Waals surface area contributed by atoms with Gasteiger partial charge in [0.25, 0.3) is 0 Å². The highest BCUT2D eigenvalue weighted by atomic mass is 32.1. The van der Waals surface area contributed by atoms with Crippen molar-refractivity contribution in [3.8, 4) is 0 Å².